The summed E-state index contributed by atoms with van der Waals surface area (Å²) in [6.45, 7) is 1.91. The highest BCUT2D eigenvalue weighted by molar-refractivity contribution is 9.10. The maximum absolute atomic E-state index is 14.2. The summed E-state index contributed by atoms with van der Waals surface area (Å²) < 4.78 is 40.6. The van der Waals surface area contributed by atoms with E-state index in [2.05, 4.69) is 22.9 Å². The van der Waals surface area contributed by atoms with Crippen LogP contribution in [-0.2, 0) is 16.6 Å². The number of rotatable bonds is 5. The maximum Gasteiger partial charge on any atom is 0.245 e. The third kappa shape index (κ3) is 3.05. The highest BCUT2D eigenvalue weighted by atomic mass is 79.9. The van der Waals surface area contributed by atoms with Gasteiger partial charge in [-0.3, -0.25) is 0 Å². The Kier molecular flexibility index (Phi) is 4.53. The molecule has 0 bridgehead atoms. The Hall–Kier alpha value is -0.500. The Morgan fingerprint density at radius 1 is 1.50 bits per heavy atom. The zero-order valence-corrected chi connectivity index (χ0v) is 13.7. The molecule has 1 aliphatic rings. The second-order valence-corrected chi connectivity index (χ2v) is 8.22. The molecule has 0 amide bonds. The van der Waals surface area contributed by atoms with E-state index in [1.807, 2.05) is 0 Å². The van der Waals surface area contributed by atoms with Crippen LogP contribution in [0.15, 0.2) is 21.5 Å². The van der Waals surface area contributed by atoms with Crippen LogP contribution in [0.2, 0.25) is 0 Å². The first-order valence-corrected chi connectivity index (χ1v) is 8.55. The summed E-state index contributed by atoms with van der Waals surface area (Å²) in [7, 11) is -2.43. The van der Waals surface area contributed by atoms with Gasteiger partial charge in [0.05, 0.1) is 6.61 Å². The van der Waals surface area contributed by atoms with Gasteiger partial charge in [0.25, 0.3) is 0 Å². The molecule has 2 rings (SSSR count). The highest BCUT2D eigenvalue weighted by Crippen LogP contribution is 2.39. The normalized spacial score (nSPS) is 22.3. The Morgan fingerprint density at radius 3 is 2.60 bits per heavy atom. The number of hydrogen-bond donors (Lipinski definition) is 1. The molecule has 7 heteroatoms. The molecule has 1 saturated carbocycles. The minimum atomic E-state index is -3.89. The van der Waals surface area contributed by atoms with Gasteiger partial charge in [-0.1, -0.05) is 22.9 Å². The lowest BCUT2D eigenvalue weighted by Crippen LogP contribution is -2.30. The van der Waals surface area contributed by atoms with Crippen LogP contribution in [-0.4, -0.2) is 31.4 Å². The fourth-order valence-electron chi connectivity index (χ4n) is 2.17. The van der Waals surface area contributed by atoms with Crippen molar-refractivity contribution < 1.29 is 17.9 Å². The average Bonchev–Trinajstić information content (AvgIpc) is 3.07. The summed E-state index contributed by atoms with van der Waals surface area (Å²) >= 11 is 3.14. The van der Waals surface area contributed by atoms with E-state index < -0.39 is 27.3 Å². The molecule has 1 aromatic carbocycles. The maximum atomic E-state index is 14.2. The number of benzene rings is 1. The Balaban J connectivity index is 2.35. The van der Waals surface area contributed by atoms with Crippen molar-refractivity contribution in [3.63, 3.8) is 0 Å². The molecule has 4 nitrogen and oxygen atoms in total. The number of aliphatic hydroxyl groups is 1. The molecular weight excluding hydrogens is 349 g/mol. The predicted octanol–water partition coefficient (Wildman–Crippen LogP) is 2.36. The minimum absolute atomic E-state index is 0.0360. The molecule has 1 aliphatic carbocycles. The summed E-state index contributed by atoms with van der Waals surface area (Å²) in [6, 6.07) is 2.61. The number of sulfonamides is 1. The van der Waals surface area contributed by atoms with Crippen molar-refractivity contribution in [2.45, 2.75) is 24.8 Å². The van der Waals surface area contributed by atoms with E-state index in [9.17, 15) is 12.8 Å². The monoisotopic (exact) mass is 365 g/mol. The molecule has 112 valence electrons. The number of nitrogens with zero attached hydrogens (tertiary/aromatic N) is 1. The van der Waals surface area contributed by atoms with Gasteiger partial charge in [0, 0.05) is 23.6 Å². The van der Waals surface area contributed by atoms with Crippen molar-refractivity contribution in [2.24, 2.45) is 11.8 Å². The molecule has 0 heterocycles. The van der Waals surface area contributed by atoms with Gasteiger partial charge >= 0.3 is 0 Å². The summed E-state index contributed by atoms with van der Waals surface area (Å²) in [5.74, 6) is -0.0123. The third-order valence-corrected chi connectivity index (χ3v) is 5.99. The van der Waals surface area contributed by atoms with Gasteiger partial charge in [-0.05, 0) is 30.4 Å². The topological polar surface area (TPSA) is 57.6 Å². The Labute approximate surface area is 126 Å². The minimum Gasteiger partial charge on any atom is -0.392 e. The first-order valence-electron chi connectivity index (χ1n) is 6.32. The lowest BCUT2D eigenvalue weighted by Gasteiger charge is -2.18. The van der Waals surface area contributed by atoms with E-state index >= 15 is 0 Å². The van der Waals surface area contributed by atoms with E-state index in [4.69, 9.17) is 5.11 Å². The highest BCUT2D eigenvalue weighted by Gasteiger charge is 2.37. The molecule has 1 aromatic rings. The molecule has 0 radical (unpaired) electrons. The number of aliphatic hydroxyl groups excluding tert-OH is 1. The van der Waals surface area contributed by atoms with Crippen molar-refractivity contribution in [2.75, 3.05) is 13.6 Å². The molecule has 1 N–H and O–H groups in total. The summed E-state index contributed by atoms with van der Waals surface area (Å²) in [4.78, 5) is -0.397. The Morgan fingerprint density at radius 2 is 2.10 bits per heavy atom. The van der Waals surface area contributed by atoms with Crippen LogP contribution >= 0.6 is 15.9 Å². The van der Waals surface area contributed by atoms with Crippen molar-refractivity contribution in [1.82, 2.24) is 4.31 Å². The lowest BCUT2D eigenvalue weighted by atomic mass is 10.2. The number of hydrogen-bond acceptors (Lipinski definition) is 3. The predicted molar refractivity (Wildman–Crippen MR) is 77.1 cm³/mol. The van der Waals surface area contributed by atoms with E-state index in [0.717, 1.165) is 6.42 Å². The smallest absolute Gasteiger partial charge is 0.245 e. The molecule has 0 saturated heterocycles. The third-order valence-electron chi connectivity index (χ3n) is 3.71. The van der Waals surface area contributed by atoms with E-state index in [-0.39, 0.29) is 5.56 Å². The van der Waals surface area contributed by atoms with Gasteiger partial charge in [-0.25, -0.2) is 17.1 Å². The summed E-state index contributed by atoms with van der Waals surface area (Å²) in [5, 5.41) is 9.09. The zero-order valence-electron chi connectivity index (χ0n) is 11.3. The molecule has 1 fully saturated rings. The molecule has 2 atom stereocenters. The second-order valence-electron chi connectivity index (χ2n) is 5.29. The van der Waals surface area contributed by atoms with Gasteiger partial charge in [0.2, 0.25) is 10.0 Å². The van der Waals surface area contributed by atoms with Crippen LogP contribution in [0.4, 0.5) is 4.39 Å². The van der Waals surface area contributed by atoms with Crippen LogP contribution in [0.5, 0.6) is 0 Å². The van der Waals surface area contributed by atoms with Crippen LogP contribution in [0.25, 0.3) is 0 Å². The quantitative estimate of drug-likeness (QED) is 0.871. The SMILES string of the molecule is CC1CC1CN(C)S(=O)(=O)c1cc(Br)cc(CO)c1F. The molecule has 0 spiro atoms. The first kappa shape index (κ1) is 15.9. The van der Waals surface area contributed by atoms with Gasteiger partial charge in [0.15, 0.2) is 0 Å². The van der Waals surface area contributed by atoms with Gasteiger partial charge in [-0.15, -0.1) is 0 Å². The van der Waals surface area contributed by atoms with E-state index in [0.29, 0.717) is 22.9 Å². The Bertz CT molecular complexity index is 620. The van der Waals surface area contributed by atoms with Gasteiger partial charge in [-0.2, -0.15) is 0 Å². The van der Waals surface area contributed by atoms with Crippen molar-refractivity contribution in [1.29, 1.82) is 0 Å². The summed E-state index contributed by atoms with van der Waals surface area (Å²) in [6.07, 6.45) is 1.00. The van der Waals surface area contributed by atoms with Crippen molar-refractivity contribution >= 4 is 26.0 Å². The standard InChI is InChI=1S/C13H17BrFNO3S/c1-8-3-9(8)6-16(2)20(18,19)12-5-11(14)4-10(7-17)13(12)15/h4-5,8-9,17H,3,6-7H2,1-2H3. The van der Waals surface area contributed by atoms with Crippen LogP contribution in [0, 0.1) is 17.7 Å². The largest absolute Gasteiger partial charge is 0.392 e. The van der Waals surface area contributed by atoms with Crippen molar-refractivity contribution in [3.8, 4) is 0 Å². The van der Waals surface area contributed by atoms with Crippen LogP contribution < -0.4 is 0 Å². The van der Waals surface area contributed by atoms with Crippen LogP contribution in [0.3, 0.4) is 0 Å². The fourth-order valence-corrected chi connectivity index (χ4v) is 4.18. The second kappa shape index (κ2) is 5.71. The lowest BCUT2D eigenvalue weighted by molar-refractivity contribution is 0.274. The summed E-state index contributed by atoms with van der Waals surface area (Å²) in [5.41, 5.74) is -0.0360. The van der Waals surface area contributed by atoms with Gasteiger partial charge in [0.1, 0.15) is 10.7 Å². The van der Waals surface area contributed by atoms with Gasteiger partial charge < -0.3 is 5.11 Å². The van der Waals surface area contributed by atoms with Crippen molar-refractivity contribution in [3.05, 3.63) is 28.0 Å². The zero-order chi connectivity index (χ0) is 15.1. The number of halogens is 2. The van der Waals surface area contributed by atoms with E-state index in [1.54, 1.807) is 0 Å². The van der Waals surface area contributed by atoms with E-state index in [1.165, 1.54) is 23.5 Å². The molecule has 2 unspecified atom stereocenters. The molecule has 0 aliphatic heterocycles. The fraction of sp³-hybridized carbons (Fsp3) is 0.538. The molecule has 0 aromatic heterocycles. The molecular formula is C13H17BrFNO3S. The average molecular weight is 366 g/mol. The first-order chi connectivity index (χ1) is 9.27. The molecule has 20 heavy (non-hydrogen) atoms. The van der Waals surface area contributed by atoms with Crippen LogP contribution in [0.1, 0.15) is 18.9 Å².